The van der Waals surface area contributed by atoms with E-state index in [9.17, 15) is 13.2 Å². The van der Waals surface area contributed by atoms with Gasteiger partial charge in [0.2, 0.25) is 15.9 Å². The molecule has 0 spiro atoms. The van der Waals surface area contributed by atoms with Gasteiger partial charge in [0.25, 0.3) is 0 Å². The maximum atomic E-state index is 12.6. The van der Waals surface area contributed by atoms with Crippen molar-refractivity contribution in [2.75, 3.05) is 18.4 Å². The third-order valence-corrected chi connectivity index (χ3v) is 5.93. The van der Waals surface area contributed by atoms with Crippen LogP contribution in [-0.2, 0) is 14.8 Å². The van der Waals surface area contributed by atoms with Crippen LogP contribution in [-0.4, -0.2) is 31.7 Å². The molecule has 1 amide bonds. The van der Waals surface area contributed by atoms with Crippen LogP contribution in [0.5, 0.6) is 0 Å². The lowest BCUT2D eigenvalue weighted by atomic mass is 10.2. The Morgan fingerprint density at radius 1 is 1.00 bits per heavy atom. The van der Waals surface area contributed by atoms with Gasteiger partial charge >= 0.3 is 0 Å². The standard InChI is InChI=1S/C19H20N2O3S/c22-19(12-11-16-7-2-1-3-8-16)20-17-9-6-10-18(15-17)25(23,24)21-13-4-5-14-21/h1-3,6-12,15H,4-5,13-14H2,(H,20,22)/b12-11+. The summed E-state index contributed by atoms with van der Waals surface area (Å²) < 4.78 is 26.7. The number of amides is 1. The number of carbonyl (C=O) groups is 1. The van der Waals surface area contributed by atoms with E-state index in [4.69, 9.17) is 0 Å². The fourth-order valence-electron chi connectivity index (χ4n) is 2.73. The second-order valence-corrected chi connectivity index (χ2v) is 7.81. The van der Waals surface area contributed by atoms with Crippen LogP contribution in [0.25, 0.3) is 6.08 Å². The first-order valence-corrected chi connectivity index (χ1v) is 9.64. The molecule has 130 valence electrons. The van der Waals surface area contributed by atoms with Crippen LogP contribution in [0.4, 0.5) is 5.69 Å². The van der Waals surface area contributed by atoms with Crippen molar-refractivity contribution in [1.29, 1.82) is 0 Å². The fraction of sp³-hybridized carbons (Fsp3) is 0.211. The Morgan fingerprint density at radius 3 is 2.44 bits per heavy atom. The van der Waals surface area contributed by atoms with E-state index in [1.807, 2.05) is 30.3 Å². The molecule has 0 bridgehead atoms. The maximum absolute atomic E-state index is 12.6. The Morgan fingerprint density at radius 2 is 1.72 bits per heavy atom. The molecule has 1 fully saturated rings. The van der Waals surface area contributed by atoms with Gasteiger partial charge in [0.1, 0.15) is 0 Å². The number of hydrogen-bond acceptors (Lipinski definition) is 3. The van der Waals surface area contributed by atoms with E-state index >= 15 is 0 Å². The Labute approximate surface area is 148 Å². The number of nitrogens with one attached hydrogen (secondary N) is 1. The number of benzene rings is 2. The minimum absolute atomic E-state index is 0.208. The lowest BCUT2D eigenvalue weighted by Gasteiger charge is -2.16. The highest BCUT2D eigenvalue weighted by molar-refractivity contribution is 7.89. The third-order valence-electron chi connectivity index (χ3n) is 4.03. The summed E-state index contributed by atoms with van der Waals surface area (Å²) in [6.07, 6.45) is 4.91. The average molecular weight is 356 g/mol. The number of hydrogen-bond donors (Lipinski definition) is 1. The maximum Gasteiger partial charge on any atom is 0.248 e. The van der Waals surface area contributed by atoms with E-state index in [0.717, 1.165) is 18.4 Å². The van der Waals surface area contributed by atoms with Gasteiger partial charge < -0.3 is 5.32 Å². The molecule has 0 atom stereocenters. The molecular weight excluding hydrogens is 336 g/mol. The summed E-state index contributed by atoms with van der Waals surface area (Å²) in [4.78, 5) is 12.3. The first-order chi connectivity index (χ1) is 12.1. The molecule has 1 aliphatic heterocycles. The van der Waals surface area contributed by atoms with Crippen LogP contribution >= 0.6 is 0 Å². The molecule has 1 aliphatic rings. The summed E-state index contributed by atoms with van der Waals surface area (Å²) in [5.41, 5.74) is 1.38. The lowest BCUT2D eigenvalue weighted by molar-refractivity contribution is -0.111. The molecule has 1 saturated heterocycles. The number of rotatable bonds is 5. The smallest absolute Gasteiger partial charge is 0.248 e. The van der Waals surface area contributed by atoms with E-state index < -0.39 is 10.0 Å². The number of nitrogens with zero attached hydrogens (tertiary/aromatic N) is 1. The highest BCUT2D eigenvalue weighted by atomic mass is 32.2. The summed E-state index contributed by atoms with van der Waals surface area (Å²) in [6, 6.07) is 15.9. The minimum Gasteiger partial charge on any atom is -0.322 e. The second kappa shape index (κ2) is 7.63. The SMILES string of the molecule is O=C(/C=C/c1ccccc1)Nc1cccc(S(=O)(=O)N2CCCC2)c1. The number of sulfonamides is 1. The van der Waals surface area contributed by atoms with Gasteiger partial charge in [0.05, 0.1) is 4.90 Å². The Kier molecular flexibility index (Phi) is 5.31. The van der Waals surface area contributed by atoms with Crippen molar-refractivity contribution in [2.45, 2.75) is 17.7 Å². The normalized spacial score (nSPS) is 15.5. The largest absolute Gasteiger partial charge is 0.322 e. The van der Waals surface area contributed by atoms with Crippen molar-refractivity contribution < 1.29 is 13.2 Å². The van der Waals surface area contributed by atoms with Crippen molar-refractivity contribution >= 4 is 27.7 Å². The van der Waals surface area contributed by atoms with Gasteiger partial charge in [-0.15, -0.1) is 0 Å². The highest BCUT2D eigenvalue weighted by Crippen LogP contribution is 2.23. The minimum atomic E-state index is -3.49. The molecule has 1 N–H and O–H groups in total. The van der Waals surface area contributed by atoms with Crippen LogP contribution in [0, 0.1) is 0 Å². The number of anilines is 1. The van der Waals surface area contributed by atoms with E-state index in [2.05, 4.69) is 5.32 Å². The predicted octanol–water partition coefficient (Wildman–Crippen LogP) is 3.12. The molecule has 1 heterocycles. The van der Waals surface area contributed by atoms with Crippen molar-refractivity contribution in [3.63, 3.8) is 0 Å². The summed E-state index contributed by atoms with van der Waals surface area (Å²) in [5, 5.41) is 2.71. The Hall–Kier alpha value is -2.44. The van der Waals surface area contributed by atoms with Gasteiger partial charge in [-0.3, -0.25) is 4.79 Å². The molecule has 0 aromatic heterocycles. The van der Waals surface area contributed by atoms with E-state index in [-0.39, 0.29) is 10.8 Å². The molecule has 0 aliphatic carbocycles. The first kappa shape index (κ1) is 17.4. The van der Waals surface area contributed by atoms with Crippen LogP contribution in [0.15, 0.2) is 65.6 Å². The predicted molar refractivity (Wildman–Crippen MR) is 98.5 cm³/mol. The van der Waals surface area contributed by atoms with E-state index in [1.165, 1.54) is 16.4 Å². The zero-order valence-electron chi connectivity index (χ0n) is 13.8. The van der Waals surface area contributed by atoms with Crippen molar-refractivity contribution in [3.05, 3.63) is 66.2 Å². The average Bonchev–Trinajstić information content (AvgIpc) is 3.17. The summed E-state index contributed by atoms with van der Waals surface area (Å²) >= 11 is 0. The highest BCUT2D eigenvalue weighted by Gasteiger charge is 2.27. The van der Waals surface area contributed by atoms with Crippen LogP contribution in [0.1, 0.15) is 18.4 Å². The van der Waals surface area contributed by atoms with Crippen molar-refractivity contribution in [2.24, 2.45) is 0 Å². The molecule has 0 unspecified atom stereocenters. The Balaban J connectivity index is 1.71. The Bertz CT molecular complexity index is 871. The molecule has 2 aromatic carbocycles. The monoisotopic (exact) mass is 356 g/mol. The summed E-state index contributed by atoms with van der Waals surface area (Å²) in [6.45, 7) is 1.11. The first-order valence-electron chi connectivity index (χ1n) is 8.20. The molecule has 5 nitrogen and oxygen atoms in total. The zero-order valence-corrected chi connectivity index (χ0v) is 14.6. The van der Waals surface area contributed by atoms with Crippen molar-refractivity contribution in [3.8, 4) is 0 Å². The van der Waals surface area contributed by atoms with Crippen LogP contribution in [0.3, 0.4) is 0 Å². The molecule has 0 saturated carbocycles. The van der Waals surface area contributed by atoms with Gasteiger partial charge in [-0.1, -0.05) is 36.4 Å². The fourth-order valence-corrected chi connectivity index (χ4v) is 4.30. The van der Waals surface area contributed by atoms with Gasteiger partial charge in [0.15, 0.2) is 0 Å². The van der Waals surface area contributed by atoms with Gasteiger partial charge in [-0.05, 0) is 42.7 Å². The molecular formula is C19H20N2O3S. The molecule has 6 heteroatoms. The lowest BCUT2D eigenvalue weighted by Crippen LogP contribution is -2.27. The summed E-state index contributed by atoms with van der Waals surface area (Å²) in [7, 11) is -3.49. The van der Waals surface area contributed by atoms with E-state index in [1.54, 1.807) is 24.3 Å². The van der Waals surface area contributed by atoms with Gasteiger partial charge in [0, 0.05) is 24.9 Å². The molecule has 0 radical (unpaired) electrons. The summed E-state index contributed by atoms with van der Waals surface area (Å²) in [5.74, 6) is -0.306. The quantitative estimate of drug-likeness (QED) is 0.837. The van der Waals surface area contributed by atoms with Gasteiger partial charge in [-0.25, -0.2) is 8.42 Å². The van der Waals surface area contributed by atoms with E-state index in [0.29, 0.717) is 18.8 Å². The molecule has 3 rings (SSSR count). The van der Waals surface area contributed by atoms with Crippen LogP contribution in [0.2, 0.25) is 0 Å². The molecule has 25 heavy (non-hydrogen) atoms. The van der Waals surface area contributed by atoms with Gasteiger partial charge in [-0.2, -0.15) is 4.31 Å². The number of carbonyl (C=O) groups excluding carboxylic acids is 1. The van der Waals surface area contributed by atoms with Crippen LogP contribution < -0.4 is 5.32 Å². The topological polar surface area (TPSA) is 66.5 Å². The third kappa shape index (κ3) is 4.35. The molecule has 2 aromatic rings. The van der Waals surface area contributed by atoms with Crippen molar-refractivity contribution in [1.82, 2.24) is 4.31 Å². The second-order valence-electron chi connectivity index (χ2n) is 5.87. The zero-order chi connectivity index (χ0) is 17.7.